The van der Waals surface area contributed by atoms with Crippen molar-refractivity contribution in [1.82, 2.24) is 10.2 Å². The highest BCUT2D eigenvalue weighted by atomic mass is 79.9. The monoisotopic (exact) mass is 326 g/mol. The number of nitrogens with one attached hydrogen (secondary N) is 1. The van der Waals surface area contributed by atoms with Crippen LogP contribution < -0.4 is 5.32 Å². The summed E-state index contributed by atoms with van der Waals surface area (Å²) in [6.07, 6.45) is 0. The normalized spacial score (nSPS) is 10.1. The van der Waals surface area contributed by atoms with Crippen molar-refractivity contribution in [3.05, 3.63) is 35.4 Å². The highest BCUT2D eigenvalue weighted by Crippen LogP contribution is 2.08. The highest BCUT2D eigenvalue weighted by molar-refractivity contribution is 9.08. The van der Waals surface area contributed by atoms with Gasteiger partial charge >= 0.3 is 0 Å². The molecule has 0 heterocycles. The van der Waals surface area contributed by atoms with E-state index in [0.29, 0.717) is 24.0 Å². The molecule has 0 spiro atoms. The number of likely N-dealkylation sites (N-methyl/N-ethyl adjacent to an activating group) is 1. The first-order valence-electron chi connectivity index (χ1n) is 6.33. The summed E-state index contributed by atoms with van der Waals surface area (Å²) in [5.41, 5.74) is 1.60. The minimum absolute atomic E-state index is 0.0407. The molecular formula is C14H19BrN2O2. The van der Waals surface area contributed by atoms with Crippen LogP contribution in [0.1, 0.15) is 29.8 Å². The van der Waals surface area contributed by atoms with E-state index >= 15 is 0 Å². The van der Waals surface area contributed by atoms with E-state index in [1.165, 1.54) is 0 Å². The van der Waals surface area contributed by atoms with Gasteiger partial charge in [0, 0.05) is 24.0 Å². The molecule has 0 aromatic heterocycles. The van der Waals surface area contributed by atoms with E-state index < -0.39 is 0 Å². The van der Waals surface area contributed by atoms with Crippen LogP contribution in [-0.2, 0) is 10.1 Å². The third-order valence-corrected chi connectivity index (χ3v) is 3.51. The van der Waals surface area contributed by atoms with Gasteiger partial charge in [0.15, 0.2) is 0 Å². The summed E-state index contributed by atoms with van der Waals surface area (Å²) in [5, 5.41) is 3.35. The minimum atomic E-state index is -0.219. The number of halogens is 1. The van der Waals surface area contributed by atoms with E-state index in [9.17, 15) is 9.59 Å². The first-order chi connectivity index (χ1) is 9.12. The highest BCUT2D eigenvalue weighted by Gasteiger charge is 2.12. The smallest absolute Gasteiger partial charge is 0.251 e. The van der Waals surface area contributed by atoms with Crippen molar-refractivity contribution in [2.75, 3.05) is 19.6 Å². The third kappa shape index (κ3) is 4.67. The number of carbonyl (C=O) groups excluding carboxylic acids is 2. The molecule has 0 radical (unpaired) electrons. The Hall–Kier alpha value is -1.36. The van der Waals surface area contributed by atoms with Gasteiger partial charge in [-0.15, -0.1) is 0 Å². The Morgan fingerprint density at radius 3 is 2.53 bits per heavy atom. The summed E-state index contributed by atoms with van der Waals surface area (Å²) >= 11 is 3.35. The van der Waals surface area contributed by atoms with Crippen LogP contribution in [0.3, 0.4) is 0 Å². The van der Waals surface area contributed by atoms with E-state index in [4.69, 9.17) is 0 Å². The lowest BCUT2D eigenvalue weighted by atomic mass is 10.1. The molecule has 0 aliphatic carbocycles. The van der Waals surface area contributed by atoms with Gasteiger partial charge in [-0.25, -0.2) is 0 Å². The Bertz CT molecular complexity index is 445. The molecule has 0 fully saturated rings. The number of hydrogen-bond acceptors (Lipinski definition) is 2. The second kappa shape index (κ2) is 7.94. The van der Waals surface area contributed by atoms with Gasteiger partial charge in [-0.1, -0.05) is 28.1 Å². The third-order valence-electron chi connectivity index (χ3n) is 2.86. The molecule has 0 bridgehead atoms. The van der Waals surface area contributed by atoms with Gasteiger partial charge in [0.2, 0.25) is 5.91 Å². The van der Waals surface area contributed by atoms with Gasteiger partial charge < -0.3 is 10.2 Å². The predicted octanol–water partition coefficient (Wildman–Crippen LogP) is 2.18. The Balaban J connectivity index is 2.57. The first-order valence-corrected chi connectivity index (χ1v) is 7.45. The van der Waals surface area contributed by atoms with Crippen LogP contribution in [0, 0.1) is 0 Å². The Labute approximate surface area is 122 Å². The van der Waals surface area contributed by atoms with Crippen molar-refractivity contribution in [3.63, 3.8) is 0 Å². The summed E-state index contributed by atoms with van der Waals surface area (Å²) in [4.78, 5) is 25.4. The van der Waals surface area contributed by atoms with Gasteiger partial charge in [-0.05, 0) is 31.5 Å². The zero-order valence-electron chi connectivity index (χ0n) is 11.3. The summed E-state index contributed by atoms with van der Waals surface area (Å²) < 4.78 is 0. The van der Waals surface area contributed by atoms with Crippen LogP contribution in [0.5, 0.6) is 0 Å². The summed E-state index contributed by atoms with van der Waals surface area (Å²) in [6.45, 7) is 5.19. The molecule has 19 heavy (non-hydrogen) atoms. The SMILES string of the molecule is CCN(CC)C(=O)CNC(=O)c1cccc(CBr)c1. The molecule has 0 saturated carbocycles. The topological polar surface area (TPSA) is 49.4 Å². The molecule has 1 N–H and O–H groups in total. The zero-order valence-corrected chi connectivity index (χ0v) is 12.9. The maximum Gasteiger partial charge on any atom is 0.251 e. The average molecular weight is 327 g/mol. The number of nitrogens with zero attached hydrogens (tertiary/aromatic N) is 1. The van der Waals surface area contributed by atoms with E-state index in [1.54, 1.807) is 11.0 Å². The number of alkyl halides is 1. The standard InChI is InChI=1S/C14H19BrN2O2/c1-3-17(4-2)13(18)10-16-14(19)12-7-5-6-11(8-12)9-15/h5-8H,3-4,9-10H2,1-2H3,(H,16,19). The van der Waals surface area contributed by atoms with Crippen LogP contribution in [-0.4, -0.2) is 36.3 Å². The molecule has 2 amide bonds. The van der Waals surface area contributed by atoms with Crippen molar-refractivity contribution >= 4 is 27.7 Å². The minimum Gasteiger partial charge on any atom is -0.343 e. The fourth-order valence-corrected chi connectivity index (χ4v) is 2.09. The molecule has 0 aliphatic rings. The van der Waals surface area contributed by atoms with Crippen molar-refractivity contribution in [2.24, 2.45) is 0 Å². The number of rotatable bonds is 6. The predicted molar refractivity (Wildman–Crippen MR) is 79.3 cm³/mol. The molecule has 0 unspecified atom stereocenters. The lowest BCUT2D eigenvalue weighted by molar-refractivity contribution is -0.129. The molecular weight excluding hydrogens is 308 g/mol. The van der Waals surface area contributed by atoms with Gasteiger partial charge in [0.1, 0.15) is 0 Å². The molecule has 1 aromatic rings. The van der Waals surface area contributed by atoms with Crippen LogP contribution in [0.4, 0.5) is 0 Å². The number of amides is 2. The molecule has 0 saturated heterocycles. The van der Waals surface area contributed by atoms with Gasteiger partial charge in [-0.2, -0.15) is 0 Å². The molecule has 1 rings (SSSR count). The Morgan fingerprint density at radius 2 is 1.95 bits per heavy atom. The van der Waals surface area contributed by atoms with Gasteiger partial charge in [-0.3, -0.25) is 9.59 Å². The fraction of sp³-hybridized carbons (Fsp3) is 0.429. The fourth-order valence-electron chi connectivity index (χ4n) is 1.74. The second-order valence-corrected chi connectivity index (χ2v) is 4.64. The largest absolute Gasteiger partial charge is 0.343 e. The van der Waals surface area contributed by atoms with Gasteiger partial charge in [0.05, 0.1) is 6.54 Å². The summed E-state index contributed by atoms with van der Waals surface area (Å²) in [7, 11) is 0. The Kier molecular flexibility index (Phi) is 6.56. The number of benzene rings is 1. The van der Waals surface area contributed by atoms with Crippen LogP contribution >= 0.6 is 15.9 Å². The Morgan fingerprint density at radius 1 is 1.26 bits per heavy atom. The lowest BCUT2D eigenvalue weighted by Crippen LogP contribution is -2.40. The summed E-state index contributed by atoms with van der Waals surface area (Å²) in [5.74, 6) is -0.279. The first kappa shape index (κ1) is 15.7. The van der Waals surface area contributed by atoms with Crippen molar-refractivity contribution < 1.29 is 9.59 Å². The molecule has 0 atom stereocenters. The maximum absolute atomic E-state index is 11.9. The van der Waals surface area contributed by atoms with E-state index in [1.807, 2.05) is 32.0 Å². The lowest BCUT2D eigenvalue weighted by Gasteiger charge is -2.18. The van der Waals surface area contributed by atoms with Crippen molar-refractivity contribution in [1.29, 1.82) is 0 Å². The quantitative estimate of drug-likeness (QED) is 0.814. The van der Waals surface area contributed by atoms with Gasteiger partial charge in [0.25, 0.3) is 5.91 Å². The van der Waals surface area contributed by atoms with Crippen LogP contribution in [0.2, 0.25) is 0 Å². The molecule has 0 aliphatic heterocycles. The van der Waals surface area contributed by atoms with Crippen molar-refractivity contribution in [2.45, 2.75) is 19.2 Å². The van der Waals surface area contributed by atoms with E-state index in [0.717, 1.165) is 5.56 Å². The molecule has 104 valence electrons. The van der Waals surface area contributed by atoms with E-state index in [2.05, 4.69) is 21.2 Å². The molecule has 5 heteroatoms. The zero-order chi connectivity index (χ0) is 14.3. The number of hydrogen-bond donors (Lipinski definition) is 1. The second-order valence-electron chi connectivity index (χ2n) is 4.08. The van der Waals surface area contributed by atoms with Crippen LogP contribution in [0.25, 0.3) is 0 Å². The molecule has 1 aromatic carbocycles. The van der Waals surface area contributed by atoms with E-state index in [-0.39, 0.29) is 18.4 Å². The van der Waals surface area contributed by atoms with Crippen LogP contribution in [0.15, 0.2) is 24.3 Å². The molecule has 4 nitrogen and oxygen atoms in total. The van der Waals surface area contributed by atoms with Crippen molar-refractivity contribution in [3.8, 4) is 0 Å². The summed E-state index contributed by atoms with van der Waals surface area (Å²) in [6, 6.07) is 7.32. The number of carbonyl (C=O) groups is 2. The maximum atomic E-state index is 11.9. The average Bonchev–Trinajstić information content (AvgIpc) is 2.46.